The third-order valence-corrected chi connectivity index (χ3v) is 5.08. The first-order valence-electron chi connectivity index (χ1n) is 8.70. The van der Waals surface area contributed by atoms with E-state index in [1.807, 2.05) is 48.2 Å². The second kappa shape index (κ2) is 7.03. The fourth-order valence-corrected chi connectivity index (χ4v) is 3.67. The summed E-state index contributed by atoms with van der Waals surface area (Å²) in [6.45, 7) is 3.55. The normalized spacial score (nSPS) is 14.0. The smallest absolute Gasteiger partial charge is 0.257 e. The van der Waals surface area contributed by atoms with E-state index in [-0.39, 0.29) is 5.91 Å². The first-order valence-corrected chi connectivity index (χ1v) is 9.49. The Labute approximate surface area is 160 Å². The number of likely N-dealkylation sites (tertiary alicyclic amines) is 1. The Balaban J connectivity index is 1.84. The number of amides is 1. The lowest BCUT2D eigenvalue weighted by Crippen LogP contribution is -2.28. The van der Waals surface area contributed by atoms with Crippen LogP contribution in [0, 0.1) is 6.92 Å². The maximum Gasteiger partial charge on any atom is 0.257 e. The van der Waals surface area contributed by atoms with Crippen LogP contribution in [0.3, 0.4) is 0 Å². The second-order valence-corrected chi connectivity index (χ2v) is 7.42. The van der Waals surface area contributed by atoms with Crippen LogP contribution in [0.15, 0.2) is 47.1 Å². The van der Waals surface area contributed by atoms with Gasteiger partial charge in [0.25, 0.3) is 5.91 Å². The van der Waals surface area contributed by atoms with Crippen molar-refractivity contribution in [3.05, 3.63) is 58.3 Å². The molecule has 26 heavy (non-hydrogen) atoms. The molecular formula is C20H19BrN4O. The monoisotopic (exact) mass is 410 g/mol. The third-order valence-electron chi connectivity index (χ3n) is 4.59. The number of nitrogens with zero attached hydrogens (tertiary/aromatic N) is 3. The zero-order valence-corrected chi connectivity index (χ0v) is 16.1. The molecule has 0 atom stereocenters. The molecule has 1 aliphatic rings. The molecule has 3 aromatic rings. The molecule has 0 saturated carbocycles. The average Bonchev–Trinajstić information content (AvgIpc) is 3.16. The summed E-state index contributed by atoms with van der Waals surface area (Å²) in [6.07, 6.45) is 3.76. The number of aromatic nitrogens is 2. The van der Waals surface area contributed by atoms with Gasteiger partial charge in [-0.2, -0.15) is 0 Å². The number of pyridine rings is 2. The van der Waals surface area contributed by atoms with Crippen LogP contribution >= 0.6 is 15.9 Å². The summed E-state index contributed by atoms with van der Waals surface area (Å²) in [6, 6.07) is 11.8. The van der Waals surface area contributed by atoms with Crippen LogP contribution in [0.1, 0.15) is 28.9 Å². The summed E-state index contributed by atoms with van der Waals surface area (Å²) in [7, 11) is 0. The topological polar surface area (TPSA) is 58.1 Å². The van der Waals surface area contributed by atoms with Gasteiger partial charge in [-0.25, -0.2) is 9.97 Å². The first kappa shape index (κ1) is 17.0. The number of fused-ring (bicyclic) bond motifs is 1. The van der Waals surface area contributed by atoms with E-state index in [2.05, 4.69) is 31.2 Å². The van der Waals surface area contributed by atoms with Crippen LogP contribution in [-0.2, 0) is 0 Å². The highest BCUT2D eigenvalue weighted by Gasteiger charge is 2.24. The van der Waals surface area contributed by atoms with Gasteiger partial charge in [0.15, 0.2) is 5.65 Å². The van der Waals surface area contributed by atoms with Crippen molar-refractivity contribution in [2.45, 2.75) is 19.8 Å². The fourth-order valence-electron chi connectivity index (χ4n) is 3.27. The van der Waals surface area contributed by atoms with E-state index >= 15 is 0 Å². The maximum absolute atomic E-state index is 13.1. The number of rotatable bonds is 3. The highest BCUT2D eigenvalue weighted by atomic mass is 79.9. The highest BCUT2D eigenvalue weighted by molar-refractivity contribution is 9.10. The third kappa shape index (κ3) is 3.29. The zero-order valence-electron chi connectivity index (χ0n) is 14.5. The Bertz CT molecular complexity index is 983. The highest BCUT2D eigenvalue weighted by Crippen LogP contribution is 2.31. The Morgan fingerprint density at radius 2 is 2.00 bits per heavy atom. The van der Waals surface area contributed by atoms with Crippen molar-refractivity contribution in [1.82, 2.24) is 14.9 Å². The Morgan fingerprint density at radius 3 is 2.77 bits per heavy atom. The predicted molar refractivity (Wildman–Crippen MR) is 107 cm³/mol. The molecule has 1 N–H and O–H groups in total. The molecule has 0 aliphatic carbocycles. The zero-order chi connectivity index (χ0) is 18.1. The number of anilines is 2. The van der Waals surface area contributed by atoms with Crippen LogP contribution in [-0.4, -0.2) is 33.9 Å². The van der Waals surface area contributed by atoms with Gasteiger partial charge in [0.05, 0.1) is 11.3 Å². The van der Waals surface area contributed by atoms with Gasteiger partial charge in [-0.15, -0.1) is 0 Å². The molecule has 3 heterocycles. The molecule has 6 heteroatoms. The fraction of sp³-hybridized carbons (Fsp3) is 0.250. The summed E-state index contributed by atoms with van der Waals surface area (Å²) < 4.78 is 0.974. The molecule has 1 aliphatic heterocycles. The predicted octanol–water partition coefficient (Wildman–Crippen LogP) is 4.68. The molecule has 0 radical (unpaired) electrons. The largest absolute Gasteiger partial charge is 0.354 e. The molecule has 2 aromatic heterocycles. The van der Waals surface area contributed by atoms with Crippen molar-refractivity contribution in [3.8, 4) is 0 Å². The van der Waals surface area contributed by atoms with Crippen molar-refractivity contribution in [2.24, 2.45) is 0 Å². The van der Waals surface area contributed by atoms with E-state index < -0.39 is 0 Å². The second-order valence-electron chi connectivity index (χ2n) is 6.51. The molecule has 1 aromatic carbocycles. The maximum atomic E-state index is 13.1. The van der Waals surface area contributed by atoms with Gasteiger partial charge in [0, 0.05) is 40.5 Å². The van der Waals surface area contributed by atoms with Crippen LogP contribution in [0.25, 0.3) is 11.0 Å². The van der Waals surface area contributed by atoms with Crippen LogP contribution in [0.4, 0.5) is 11.4 Å². The van der Waals surface area contributed by atoms with E-state index in [1.54, 1.807) is 6.20 Å². The minimum absolute atomic E-state index is 0.0231. The number of hydrogen-bond donors (Lipinski definition) is 1. The lowest BCUT2D eigenvalue weighted by molar-refractivity contribution is 0.0793. The first-order chi connectivity index (χ1) is 12.6. The summed E-state index contributed by atoms with van der Waals surface area (Å²) >= 11 is 3.50. The Morgan fingerprint density at radius 1 is 1.19 bits per heavy atom. The SMILES string of the molecule is Cc1ccc2c(Nc3cccc(Br)c3)c(C(=O)N3CCCC3)cnc2n1. The molecule has 1 fully saturated rings. The van der Waals surface area contributed by atoms with E-state index in [4.69, 9.17) is 0 Å². The van der Waals surface area contributed by atoms with Crippen LogP contribution in [0.2, 0.25) is 0 Å². The van der Waals surface area contributed by atoms with E-state index in [0.29, 0.717) is 11.2 Å². The molecule has 1 amide bonds. The van der Waals surface area contributed by atoms with Gasteiger partial charge in [-0.05, 0) is 50.1 Å². The minimum Gasteiger partial charge on any atom is -0.354 e. The standard InChI is InChI=1S/C20H19BrN4O/c1-13-7-8-16-18(24-15-6-4-5-14(21)11-15)17(12-22-19(16)23-13)20(26)25-9-2-3-10-25/h4-8,11-12H,2-3,9-10H2,1H3,(H,22,23,24). The van der Waals surface area contributed by atoms with Crippen molar-refractivity contribution in [1.29, 1.82) is 0 Å². The van der Waals surface area contributed by atoms with Crippen LogP contribution < -0.4 is 5.32 Å². The molecule has 0 spiro atoms. The quantitative estimate of drug-likeness (QED) is 0.680. The van der Waals surface area contributed by atoms with Gasteiger partial charge >= 0.3 is 0 Å². The minimum atomic E-state index is 0.0231. The number of carbonyl (C=O) groups excluding carboxylic acids is 1. The number of hydrogen-bond acceptors (Lipinski definition) is 4. The molecule has 4 rings (SSSR count). The Hall–Kier alpha value is -2.47. The Kier molecular flexibility index (Phi) is 4.59. The van der Waals surface area contributed by atoms with E-state index in [1.165, 1.54) is 0 Å². The van der Waals surface area contributed by atoms with Crippen molar-refractivity contribution in [2.75, 3.05) is 18.4 Å². The molecule has 5 nitrogen and oxygen atoms in total. The van der Waals surface area contributed by atoms with Gasteiger partial charge < -0.3 is 10.2 Å². The molecular weight excluding hydrogens is 392 g/mol. The van der Waals surface area contributed by atoms with Gasteiger partial charge in [0.1, 0.15) is 0 Å². The van der Waals surface area contributed by atoms with Crippen molar-refractivity contribution in [3.63, 3.8) is 0 Å². The molecule has 0 unspecified atom stereocenters. The van der Waals surface area contributed by atoms with E-state index in [0.717, 1.165) is 52.9 Å². The molecule has 132 valence electrons. The van der Waals surface area contributed by atoms with Gasteiger partial charge in [0.2, 0.25) is 0 Å². The lowest BCUT2D eigenvalue weighted by Gasteiger charge is -2.19. The number of halogens is 1. The number of aryl methyl sites for hydroxylation is 1. The molecule has 1 saturated heterocycles. The lowest BCUT2D eigenvalue weighted by atomic mass is 10.1. The summed E-state index contributed by atoms with van der Waals surface area (Å²) in [5, 5.41) is 4.27. The van der Waals surface area contributed by atoms with Gasteiger partial charge in [-0.3, -0.25) is 4.79 Å². The molecule has 0 bridgehead atoms. The van der Waals surface area contributed by atoms with Gasteiger partial charge in [-0.1, -0.05) is 22.0 Å². The van der Waals surface area contributed by atoms with Crippen molar-refractivity contribution >= 4 is 44.2 Å². The van der Waals surface area contributed by atoms with E-state index in [9.17, 15) is 4.79 Å². The summed E-state index contributed by atoms with van der Waals surface area (Å²) in [4.78, 5) is 23.9. The summed E-state index contributed by atoms with van der Waals surface area (Å²) in [5.41, 5.74) is 3.79. The summed E-state index contributed by atoms with van der Waals surface area (Å²) in [5.74, 6) is 0.0231. The van der Waals surface area contributed by atoms with Crippen molar-refractivity contribution < 1.29 is 4.79 Å². The average molecular weight is 411 g/mol. The number of carbonyl (C=O) groups is 1. The van der Waals surface area contributed by atoms with Crippen LogP contribution in [0.5, 0.6) is 0 Å². The number of benzene rings is 1. The number of nitrogens with one attached hydrogen (secondary N) is 1.